The largest absolute Gasteiger partial charge is 0.375 e. The standard InChI is InChI=1S/C21H27N3O2/c25-21(20-10-9-17-7-2-3-8-19(17)22-20)24-13-6-14-26-18(16-24)15-23-11-4-1-5-12-23/h2-3,7-10,18H,1,4-6,11-16H2. The summed E-state index contributed by atoms with van der Waals surface area (Å²) in [7, 11) is 0. The Balaban J connectivity index is 1.46. The summed E-state index contributed by atoms with van der Waals surface area (Å²) in [6.45, 7) is 5.36. The summed E-state index contributed by atoms with van der Waals surface area (Å²) in [4.78, 5) is 22.0. The van der Waals surface area contributed by atoms with Gasteiger partial charge in [0, 0.05) is 31.6 Å². The number of para-hydroxylation sites is 1. The van der Waals surface area contributed by atoms with E-state index in [4.69, 9.17) is 4.74 Å². The molecule has 3 heterocycles. The van der Waals surface area contributed by atoms with Crippen LogP contribution in [0.2, 0.25) is 0 Å². The number of hydrogen-bond acceptors (Lipinski definition) is 4. The van der Waals surface area contributed by atoms with E-state index in [-0.39, 0.29) is 12.0 Å². The van der Waals surface area contributed by atoms with E-state index in [0.29, 0.717) is 12.2 Å². The van der Waals surface area contributed by atoms with Crippen LogP contribution < -0.4 is 0 Å². The Labute approximate surface area is 154 Å². The Hall–Kier alpha value is -1.98. The number of likely N-dealkylation sites (tertiary alicyclic amines) is 1. The molecule has 1 aromatic carbocycles. The third kappa shape index (κ3) is 4.05. The van der Waals surface area contributed by atoms with Gasteiger partial charge in [-0.2, -0.15) is 0 Å². The van der Waals surface area contributed by atoms with Crippen molar-refractivity contribution in [2.75, 3.05) is 39.3 Å². The highest BCUT2D eigenvalue weighted by atomic mass is 16.5. The first-order chi connectivity index (χ1) is 12.8. The monoisotopic (exact) mass is 353 g/mol. The van der Waals surface area contributed by atoms with E-state index in [9.17, 15) is 4.79 Å². The van der Waals surface area contributed by atoms with E-state index in [1.165, 1.54) is 19.3 Å². The van der Waals surface area contributed by atoms with Crippen LogP contribution in [0.25, 0.3) is 10.9 Å². The number of hydrogen-bond donors (Lipinski definition) is 0. The van der Waals surface area contributed by atoms with Crippen molar-refractivity contribution >= 4 is 16.8 Å². The van der Waals surface area contributed by atoms with E-state index < -0.39 is 0 Å². The number of carbonyl (C=O) groups excluding carboxylic acids is 1. The molecule has 0 saturated carbocycles. The number of rotatable bonds is 3. The maximum atomic E-state index is 13.0. The molecule has 0 bridgehead atoms. The third-order valence-corrected chi connectivity index (χ3v) is 5.37. The van der Waals surface area contributed by atoms with E-state index >= 15 is 0 Å². The van der Waals surface area contributed by atoms with Crippen LogP contribution in [0.15, 0.2) is 36.4 Å². The topological polar surface area (TPSA) is 45.7 Å². The van der Waals surface area contributed by atoms with Gasteiger partial charge in [-0.1, -0.05) is 30.7 Å². The lowest BCUT2D eigenvalue weighted by molar-refractivity contribution is 0.0215. The predicted octanol–water partition coefficient (Wildman–Crippen LogP) is 2.95. The fourth-order valence-corrected chi connectivity index (χ4v) is 3.97. The van der Waals surface area contributed by atoms with Crippen molar-refractivity contribution in [2.45, 2.75) is 31.8 Å². The fraction of sp³-hybridized carbons (Fsp3) is 0.524. The maximum Gasteiger partial charge on any atom is 0.272 e. The van der Waals surface area contributed by atoms with Crippen LogP contribution in [0.5, 0.6) is 0 Å². The van der Waals surface area contributed by atoms with Gasteiger partial charge in [-0.15, -0.1) is 0 Å². The highest BCUT2D eigenvalue weighted by molar-refractivity contribution is 5.94. The predicted molar refractivity (Wildman–Crippen MR) is 102 cm³/mol. The molecule has 5 nitrogen and oxygen atoms in total. The molecule has 26 heavy (non-hydrogen) atoms. The van der Waals surface area contributed by atoms with Crippen molar-refractivity contribution in [2.24, 2.45) is 0 Å². The first kappa shape index (κ1) is 17.4. The first-order valence-corrected chi connectivity index (χ1v) is 9.78. The molecule has 0 spiro atoms. The summed E-state index contributed by atoms with van der Waals surface area (Å²) in [6, 6.07) is 11.7. The minimum atomic E-state index is 0.0184. The van der Waals surface area contributed by atoms with Gasteiger partial charge in [0.25, 0.3) is 5.91 Å². The normalized spacial score (nSPS) is 22.3. The molecule has 0 N–H and O–H groups in total. The SMILES string of the molecule is O=C(c1ccc2ccccc2n1)N1CCCOC(CN2CCCCC2)C1. The molecule has 1 aromatic heterocycles. The maximum absolute atomic E-state index is 13.0. The molecule has 2 aliphatic heterocycles. The summed E-state index contributed by atoms with van der Waals surface area (Å²) in [6.07, 6.45) is 4.86. The van der Waals surface area contributed by atoms with Crippen LogP contribution in [-0.2, 0) is 4.74 Å². The fourth-order valence-electron chi connectivity index (χ4n) is 3.97. The number of benzene rings is 1. The Kier molecular flexibility index (Phi) is 5.46. The highest BCUT2D eigenvalue weighted by Crippen LogP contribution is 2.16. The van der Waals surface area contributed by atoms with Crippen molar-refractivity contribution in [3.63, 3.8) is 0 Å². The van der Waals surface area contributed by atoms with Crippen LogP contribution in [0.1, 0.15) is 36.2 Å². The van der Waals surface area contributed by atoms with Crippen LogP contribution >= 0.6 is 0 Å². The molecule has 138 valence electrons. The lowest BCUT2D eigenvalue weighted by Crippen LogP contribution is -2.44. The number of nitrogens with zero attached hydrogens (tertiary/aromatic N) is 3. The Morgan fingerprint density at radius 2 is 1.88 bits per heavy atom. The zero-order chi connectivity index (χ0) is 17.8. The van der Waals surface area contributed by atoms with Crippen molar-refractivity contribution < 1.29 is 9.53 Å². The molecule has 1 unspecified atom stereocenters. The summed E-state index contributed by atoms with van der Waals surface area (Å²) >= 11 is 0. The van der Waals surface area contributed by atoms with Crippen LogP contribution in [0, 0.1) is 0 Å². The van der Waals surface area contributed by atoms with Gasteiger partial charge < -0.3 is 14.5 Å². The Bertz CT molecular complexity index is 758. The van der Waals surface area contributed by atoms with Crippen molar-refractivity contribution in [3.8, 4) is 0 Å². The minimum Gasteiger partial charge on any atom is -0.375 e. The molecule has 0 aliphatic carbocycles. The molecule has 5 heteroatoms. The number of piperidine rings is 1. The van der Waals surface area contributed by atoms with Crippen molar-refractivity contribution in [1.29, 1.82) is 0 Å². The van der Waals surface area contributed by atoms with Crippen LogP contribution in [0.3, 0.4) is 0 Å². The second-order valence-electron chi connectivity index (χ2n) is 7.35. The van der Waals surface area contributed by atoms with Gasteiger partial charge >= 0.3 is 0 Å². The Morgan fingerprint density at radius 3 is 2.77 bits per heavy atom. The van der Waals surface area contributed by atoms with Crippen molar-refractivity contribution in [1.82, 2.24) is 14.8 Å². The molecule has 2 aliphatic rings. The molecule has 1 atom stereocenters. The third-order valence-electron chi connectivity index (χ3n) is 5.37. The van der Waals surface area contributed by atoms with Crippen LogP contribution in [-0.4, -0.2) is 66.1 Å². The second-order valence-corrected chi connectivity index (χ2v) is 7.35. The molecule has 2 saturated heterocycles. The van der Waals surface area contributed by atoms with Gasteiger partial charge in [0.15, 0.2) is 0 Å². The van der Waals surface area contributed by atoms with Gasteiger partial charge in [-0.3, -0.25) is 4.79 Å². The molecular weight excluding hydrogens is 326 g/mol. The number of pyridine rings is 1. The molecule has 4 rings (SSSR count). The Morgan fingerprint density at radius 1 is 1.04 bits per heavy atom. The molecule has 2 aromatic rings. The quantitative estimate of drug-likeness (QED) is 0.851. The highest BCUT2D eigenvalue weighted by Gasteiger charge is 2.26. The first-order valence-electron chi connectivity index (χ1n) is 9.78. The number of aromatic nitrogens is 1. The van der Waals surface area contributed by atoms with Crippen LogP contribution in [0.4, 0.5) is 0 Å². The zero-order valence-electron chi connectivity index (χ0n) is 15.3. The summed E-state index contributed by atoms with van der Waals surface area (Å²) in [5.74, 6) is 0.0184. The number of fused-ring (bicyclic) bond motifs is 1. The van der Waals surface area contributed by atoms with Gasteiger partial charge in [0.2, 0.25) is 0 Å². The summed E-state index contributed by atoms with van der Waals surface area (Å²) in [5.41, 5.74) is 1.40. The summed E-state index contributed by atoms with van der Waals surface area (Å²) in [5, 5.41) is 1.06. The van der Waals surface area contributed by atoms with Crippen molar-refractivity contribution in [3.05, 3.63) is 42.1 Å². The molecule has 2 fully saturated rings. The number of ether oxygens (including phenoxy) is 1. The molecule has 1 amide bonds. The van der Waals surface area contributed by atoms with Gasteiger partial charge in [0.1, 0.15) is 5.69 Å². The van der Waals surface area contributed by atoms with Gasteiger partial charge in [-0.25, -0.2) is 4.98 Å². The minimum absolute atomic E-state index is 0.0184. The lowest BCUT2D eigenvalue weighted by Gasteiger charge is -2.31. The zero-order valence-corrected chi connectivity index (χ0v) is 15.3. The number of amides is 1. The van der Waals surface area contributed by atoms with E-state index in [1.807, 2.05) is 41.3 Å². The second kappa shape index (κ2) is 8.14. The van der Waals surface area contributed by atoms with E-state index in [1.54, 1.807) is 0 Å². The molecule has 0 radical (unpaired) electrons. The van der Waals surface area contributed by atoms with E-state index in [0.717, 1.165) is 50.1 Å². The van der Waals surface area contributed by atoms with E-state index in [2.05, 4.69) is 9.88 Å². The van der Waals surface area contributed by atoms with Gasteiger partial charge in [-0.05, 0) is 44.5 Å². The molecular formula is C21H27N3O2. The smallest absolute Gasteiger partial charge is 0.272 e. The van der Waals surface area contributed by atoms with Gasteiger partial charge in [0.05, 0.1) is 11.6 Å². The summed E-state index contributed by atoms with van der Waals surface area (Å²) < 4.78 is 6.04. The average molecular weight is 353 g/mol. The lowest BCUT2D eigenvalue weighted by atomic mass is 10.1. The average Bonchev–Trinajstić information content (AvgIpc) is 2.93. The number of carbonyl (C=O) groups is 1.